The zero-order valence-electron chi connectivity index (χ0n) is 22.4. The van der Waals surface area contributed by atoms with Gasteiger partial charge in [-0.2, -0.15) is 5.10 Å². The molecule has 5 rings (SSSR count). The molecule has 2 aliphatic rings. The van der Waals surface area contributed by atoms with Gasteiger partial charge < -0.3 is 20.3 Å². The van der Waals surface area contributed by atoms with E-state index in [1.54, 1.807) is 26.1 Å². The summed E-state index contributed by atoms with van der Waals surface area (Å²) in [4.78, 5) is 31.2. The van der Waals surface area contributed by atoms with Crippen LogP contribution in [-0.4, -0.2) is 79.9 Å². The number of imidazole rings is 1. The van der Waals surface area contributed by atoms with Gasteiger partial charge in [0.05, 0.1) is 49.9 Å². The molecule has 16 heteroatoms. The van der Waals surface area contributed by atoms with Crippen molar-refractivity contribution in [3.05, 3.63) is 41.1 Å². The fourth-order valence-corrected chi connectivity index (χ4v) is 5.25. The number of nitrogens with one attached hydrogen (secondary N) is 2. The van der Waals surface area contributed by atoms with E-state index in [2.05, 4.69) is 35.7 Å². The molecular formula is C25H30F4N8O4. The number of fused-ring (bicyclic) bond motifs is 1. The lowest BCUT2D eigenvalue weighted by Crippen LogP contribution is -2.58. The van der Waals surface area contributed by atoms with E-state index in [4.69, 9.17) is 4.74 Å². The summed E-state index contributed by atoms with van der Waals surface area (Å²) in [6, 6.07) is -0.693. The minimum absolute atomic E-state index is 0.0318. The quantitative estimate of drug-likeness (QED) is 0.366. The zero-order chi connectivity index (χ0) is 29.4. The van der Waals surface area contributed by atoms with Crippen LogP contribution in [0.5, 0.6) is 0 Å². The maximum Gasteiger partial charge on any atom is 0.318 e. The summed E-state index contributed by atoms with van der Waals surface area (Å²) >= 11 is 0. The van der Waals surface area contributed by atoms with E-state index in [-0.39, 0.29) is 49.6 Å². The topological polar surface area (TPSA) is 140 Å². The summed E-state index contributed by atoms with van der Waals surface area (Å²) in [7, 11) is 0. The maximum absolute atomic E-state index is 14.2. The van der Waals surface area contributed by atoms with Gasteiger partial charge in [0, 0.05) is 25.0 Å². The second-order valence-electron chi connectivity index (χ2n) is 10.4. The molecule has 3 aromatic rings. The average Bonchev–Trinajstić information content (AvgIpc) is 3.55. The van der Waals surface area contributed by atoms with Crippen molar-refractivity contribution >= 4 is 17.6 Å². The fourth-order valence-electron chi connectivity index (χ4n) is 5.25. The normalized spacial score (nSPS) is 20.5. The molecule has 0 bridgehead atoms. The number of nitrogens with zero attached hydrogens (tertiary/aromatic N) is 6. The average molecular weight is 583 g/mol. The van der Waals surface area contributed by atoms with Crippen molar-refractivity contribution in [1.29, 1.82) is 0 Å². The van der Waals surface area contributed by atoms with Crippen LogP contribution in [0, 0.1) is 12.8 Å². The van der Waals surface area contributed by atoms with E-state index in [9.17, 15) is 27.2 Å². The molecule has 0 aromatic carbocycles. The minimum Gasteiger partial charge on any atom is -0.379 e. The molecule has 12 nitrogen and oxygen atoms in total. The minimum atomic E-state index is -3.13. The van der Waals surface area contributed by atoms with Gasteiger partial charge in [0.1, 0.15) is 5.69 Å². The van der Waals surface area contributed by atoms with Crippen LogP contribution in [-0.2, 0) is 4.74 Å². The van der Waals surface area contributed by atoms with Gasteiger partial charge >= 0.3 is 6.03 Å². The monoisotopic (exact) mass is 582 g/mol. The highest BCUT2D eigenvalue weighted by Crippen LogP contribution is 2.41. The summed E-state index contributed by atoms with van der Waals surface area (Å²) in [6.45, 7) is 2.00. The molecule has 2 atom stereocenters. The molecule has 222 valence electrons. The molecule has 1 saturated heterocycles. The third-order valence-electron chi connectivity index (χ3n) is 7.47. The summed E-state index contributed by atoms with van der Waals surface area (Å²) in [5.41, 5.74) is 1.33. The van der Waals surface area contributed by atoms with E-state index < -0.39 is 49.0 Å². The summed E-state index contributed by atoms with van der Waals surface area (Å²) < 4.78 is 67.9. The molecule has 0 spiro atoms. The lowest BCUT2D eigenvalue weighted by molar-refractivity contribution is -0.0527. The molecule has 3 amide bonds. The van der Waals surface area contributed by atoms with Gasteiger partial charge in [-0.15, -0.1) is 0 Å². The molecule has 2 fully saturated rings. The lowest BCUT2D eigenvalue weighted by Gasteiger charge is -2.38. The zero-order valence-corrected chi connectivity index (χ0v) is 22.4. The van der Waals surface area contributed by atoms with Gasteiger partial charge in [-0.3, -0.25) is 4.79 Å². The van der Waals surface area contributed by atoms with Crippen molar-refractivity contribution < 1.29 is 36.5 Å². The van der Waals surface area contributed by atoms with Crippen molar-refractivity contribution in [2.75, 3.05) is 26.3 Å². The standard InChI is InChI=1S/C25H30F4N8O4/c1-3-40-11-18(36-13-25(28,29)12-30-23(36)39)16-8-19-32-17(10-37(19)31-9-16)21(15-4-6-24(26,27)7-5-15)33-22(38)20-14(2)34-41-35-20/h8-10,15,18,21H,3-7,11-13H2,1-2H3,(H,30,39)(H,33,38). The molecule has 41 heavy (non-hydrogen) atoms. The summed E-state index contributed by atoms with van der Waals surface area (Å²) in [5.74, 6) is -6.85. The van der Waals surface area contributed by atoms with Crippen molar-refractivity contribution in [1.82, 2.24) is 40.4 Å². The summed E-state index contributed by atoms with van der Waals surface area (Å²) in [6.07, 6.45) is 2.65. The third kappa shape index (κ3) is 6.26. The Morgan fingerprint density at radius 3 is 2.68 bits per heavy atom. The predicted molar refractivity (Wildman–Crippen MR) is 133 cm³/mol. The van der Waals surface area contributed by atoms with Gasteiger partial charge in [0.2, 0.25) is 5.92 Å². The second kappa shape index (κ2) is 11.2. The Bertz CT molecular complexity index is 1400. The molecule has 3 aromatic heterocycles. The van der Waals surface area contributed by atoms with Gasteiger partial charge in [0.25, 0.3) is 11.8 Å². The number of aromatic nitrogens is 5. The van der Waals surface area contributed by atoms with Crippen LogP contribution in [0.1, 0.15) is 72.1 Å². The number of hydrogen-bond donors (Lipinski definition) is 2. The highest BCUT2D eigenvalue weighted by atomic mass is 19.3. The van der Waals surface area contributed by atoms with E-state index >= 15 is 0 Å². The van der Waals surface area contributed by atoms with E-state index in [0.717, 1.165) is 4.90 Å². The molecular weight excluding hydrogens is 552 g/mol. The fraction of sp³-hybridized carbons (Fsp3) is 0.600. The Kier molecular flexibility index (Phi) is 7.85. The van der Waals surface area contributed by atoms with Crippen molar-refractivity contribution in [3.8, 4) is 0 Å². The molecule has 1 aliphatic carbocycles. The first-order valence-electron chi connectivity index (χ1n) is 13.3. The number of ether oxygens (including phenoxy) is 1. The molecule has 1 aliphatic heterocycles. The number of amides is 3. The van der Waals surface area contributed by atoms with Crippen LogP contribution < -0.4 is 10.6 Å². The number of carbonyl (C=O) groups excluding carboxylic acids is 2. The lowest BCUT2D eigenvalue weighted by atomic mass is 9.81. The van der Waals surface area contributed by atoms with Crippen molar-refractivity contribution in [3.63, 3.8) is 0 Å². The molecule has 4 heterocycles. The van der Waals surface area contributed by atoms with Crippen LogP contribution >= 0.6 is 0 Å². The van der Waals surface area contributed by atoms with Crippen LogP contribution in [0.15, 0.2) is 23.1 Å². The Hall–Kier alpha value is -3.82. The number of halogens is 4. The third-order valence-corrected chi connectivity index (χ3v) is 7.47. The number of carbonyl (C=O) groups is 2. The molecule has 2 N–H and O–H groups in total. The van der Waals surface area contributed by atoms with Crippen LogP contribution in [0.2, 0.25) is 0 Å². The van der Waals surface area contributed by atoms with Crippen LogP contribution in [0.25, 0.3) is 5.65 Å². The van der Waals surface area contributed by atoms with Gasteiger partial charge in [-0.25, -0.2) is 36.5 Å². The van der Waals surface area contributed by atoms with Crippen LogP contribution in [0.4, 0.5) is 22.4 Å². The Morgan fingerprint density at radius 2 is 2.00 bits per heavy atom. The van der Waals surface area contributed by atoms with Crippen molar-refractivity contribution in [2.45, 2.75) is 63.5 Å². The molecule has 0 radical (unpaired) electrons. The van der Waals surface area contributed by atoms with E-state index in [1.165, 1.54) is 10.7 Å². The van der Waals surface area contributed by atoms with E-state index in [0.29, 0.717) is 23.5 Å². The number of urea groups is 1. The Labute approximate surface area is 231 Å². The van der Waals surface area contributed by atoms with Gasteiger partial charge in [-0.05, 0) is 43.8 Å². The Morgan fingerprint density at radius 1 is 1.24 bits per heavy atom. The Balaban J connectivity index is 1.47. The molecule has 1 saturated carbocycles. The molecule has 2 unspecified atom stereocenters. The first-order valence-corrected chi connectivity index (χ1v) is 13.3. The number of aryl methyl sites for hydroxylation is 1. The summed E-state index contributed by atoms with van der Waals surface area (Å²) in [5, 5.41) is 16.7. The first kappa shape index (κ1) is 28.7. The van der Waals surface area contributed by atoms with E-state index in [1.807, 2.05) is 0 Å². The SMILES string of the molecule is CCOCC(c1cnn2cc(C(NC(=O)c3nonc3C)C3CCC(F)(F)CC3)nc2c1)N1CC(F)(F)CNC1=O. The highest BCUT2D eigenvalue weighted by Gasteiger charge is 2.43. The largest absolute Gasteiger partial charge is 0.379 e. The van der Waals surface area contributed by atoms with Gasteiger partial charge in [0.15, 0.2) is 11.3 Å². The smallest absolute Gasteiger partial charge is 0.318 e. The first-order chi connectivity index (χ1) is 19.5. The predicted octanol–water partition coefficient (Wildman–Crippen LogP) is 3.46. The number of rotatable bonds is 9. The highest BCUT2D eigenvalue weighted by molar-refractivity contribution is 5.93. The second-order valence-corrected chi connectivity index (χ2v) is 10.4. The maximum atomic E-state index is 14.2. The number of alkyl halides is 4. The van der Waals surface area contributed by atoms with Crippen molar-refractivity contribution in [2.24, 2.45) is 5.92 Å². The van der Waals surface area contributed by atoms with Gasteiger partial charge in [-0.1, -0.05) is 5.16 Å². The number of hydrogen-bond acceptors (Lipinski definition) is 8. The van der Waals surface area contributed by atoms with Crippen LogP contribution in [0.3, 0.4) is 0 Å².